The van der Waals surface area contributed by atoms with Gasteiger partial charge in [-0.3, -0.25) is 4.79 Å². The minimum atomic E-state index is 0.273. The van der Waals surface area contributed by atoms with Crippen LogP contribution in [0.4, 0.5) is 0 Å². The predicted octanol–water partition coefficient (Wildman–Crippen LogP) is 2.50. The van der Waals surface area contributed by atoms with Crippen LogP contribution in [0, 0.1) is 0 Å². The molecule has 1 heterocycles. The van der Waals surface area contributed by atoms with Gasteiger partial charge in [0.15, 0.2) is 5.78 Å². The number of rotatable bonds is 3. The monoisotopic (exact) mass is 176 g/mol. The molecule has 1 aromatic heterocycles. The number of hydrogen-bond donors (Lipinski definition) is 0. The van der Waals surface area contributed by atoms with E-state index in [0.717, 1.165) is 25.0 Å². The molecular formula is C11H12O2. The van der Waals surface area contributed by atoms with Gasteiger partial charge < -0.3 is 4.42 Å². The lowest BCUT2D eigenvalue weighted by Crippen LogP contribution is -1.84. The normalized spacial score (nSPS) is 16.3. The van der Waals surface area contributed by atoms with Gasteiger partial charge in [-0.15, -0.1) is 0 Å². The fourth-order valence-corrected chi connectivity index (χ4v) is 1.59. The van der Waals surface area contributed by atoms with E-state index in [9.17, 15) is 4.79 Å². The first-order chi connectivity index (χ1) is 6.34. The van der Waals surface area contributed by atoms with Crippen molar-refractivity contribution in [3.05, 3.63) is 35.8 Å². The maximum absolute atomic E-state index is 10.9. The van der Waals surface area contributed by atoms with Gasteiger partial charge in [-0.25, -0.2) is 0 Å². The molecule has 0 atom stereocenters. The van der Waals surface area contributed by atoms with Crippen molar-refractivity contribution in [2.45, 2.75) is 25.7 Å². The molecule has 0 spiro atoms. The van der Waals surface area contributed by atoms with Gasteiger partial charge in [0.2, 0.25) is 0 Å². The lowest BCUT2D eigenvalue weighted by Gasteiger charge is -1.97. The number of ketones is 1. The highest BCUT2D eigenvalue weighted by Crippen LogP contribution is 2.20. The van der Waals surface area contributed by atoms with Crippen molar-refractivity contribution in [2.24, 2.45) is 0 Å². The molecule has 2 nitrogen and oxygen atoms in total. The molecule has 0 amide bonds. The van der Waals surface area contributed by atoms with E-state index < -0.39 is 0 Å². The van der Waals surface area contributed by atoms with E-state index in [2.05, 4.69) is 0 Å². The molecule has 1 aliphatic carbocycles. The molecule has 1 aromatic rings. The highest BCUT2D eigenvalue weighted by molar-refractivity contribution is 5.92. The summed E-state index contributed by atoms with van der Waals surface area (Å²) in [6, 6.07) is 3.86. The summed E-state index contributed by atoms with van der Waals surface area (Å²) in [6.45, 7) is 0. The van der Waals surface area contributed by atoms with Crippen LogP contribution in [0.5, 0.6) is 0 Å². The number of allylic oxidation sites excluding steroid dienone is 2. The zero-order chi connectivity index (χ0) is 9.10. The molecule has 2 rings (SSSR count). The Morgan fingerprint density at radius 2 is 2.23 bits per heavy atom. The van der Waals surface area contributed by atoms with Crippen LogP contribution >= 0.6 is 0 Å². The van der Waals surface area contributed by atoms with E-state index in [1.54, 1.807) is 12.3 Å². The zero-order valence-electron chi connectivity index (χ0n) is 7.45. The first kappa shape index (κ1) is 8.30. The van der Waals surface area contributed by atoms with E-state index in [-0.39, 0.29) is 5.78 Å². The molecule has 0 bridgehead atoms. The van der Waals surface area contributed by atoms with Gasteiger partial charge in [-0.1, -0.05) is 5.57 Å². The zero-order valence-corrected chi connectivity index (χ0v) is 7.45. The molecule has 0 saturated heterocycles. The number of aryl methyl sites for hydroxylation is 1. The smallest absolute Gasteiger partial charge is 0.155 e. The Balaban J connectivity index is 1.87. The topological polar surface area (TPSA) is 30.2 Å². The van der Waals surface area contributed by atoms with Crippen molar-refractivity contribution in [1.82, 2.24) is 0 Å². The molecule has 68 valence electrons. The summed E-state index contributed by atoms with van der Waals surface area (Å²) >= 11 is 0. The summed E-state index contributed by atoms with van der Waals surface area (Å²) in [5.74, 6) is 1.27. The van der Waals surface area contributed by atoms with Crippen LogP contribution in [0.25, 0.3) is 0 Å². The summed E-state index contributed by atoms with van der Waals surface area (Å²) in [7, 11) is 0. The summed E-state index contributed by atoms with van der Waals surface area (Å²) < 4.78 is 5.21. The van der Waals surface area contributed by atoms with Crippen LogP contribution in [-0.4, -0.2) is 5.78 Å². The summed E-state index contributed by atoms with van der Waals surface area (Å²) in [5.41, 5.74) is 1.27. The maximum Gasteiger partial charge on any atom is 0.155 e. The molecular weight excluding hydrogens is 164 g/mol. The predicted molar refractivity (Wildman–Crippen MR) is 49.4 cm³/mol. The second-order valence-corrected chi connectivity index (χ2v) is 3.35. The number of carbonyl (C=O) groups excluding carboxylic acids is 1. The van der Waals surface area contributed by atoms with Gasteiger partial charge in [0.25, 0.3) is 0 Å². The van der Waals surface area contributed by atoms with Crippen LogP contribution in [-0.2, 0) is 11.2 Å². The molecule has 0 aliphatic heterocycles. The van der Waals surface area contributed by atoms with E-state index in [4.69, 9.17) is 4.42 Å². The molecule has 1 aliphatic rings. The van der Waals surface area contributed by atoms with Crippen molar-refractivity contribution >= 4 is 5.78 Å². The van der Waals surface area contributed by atoms with Crippen LogP contribution < -0.4 is 0 Å². The fourth-order valence-electron chi connectivity index (χ4n) is 1.59. The Kier molecular flexibility index (Phi) is 2.30. The van der Waals surface area contributed by atoms with E-state index in [1.807, 2.05) is 12.1 Å². The van der Waals surface area contributed by atoms with Crippen molar-refractivity contribution in [2.75, 3.05) is 0 Å². The molecule has 0 aromatic carbocycles. The molecule has 0 N–H and O–H groups in total. The van der Waals surface area contributed by atoms with E-state index in [0.29, 0.717) is 6.42 Å². The van der Waals surface area contributed by atoms with Gasteiger partial charge >= 0.3 is 0 Å². The average Bonchev–Trinajstić information content (AvgIpc) is 2.71. The Bertz CT molecular complexity index is 320. The minimum Gasteiger partial charge on any atom is -0.469 e. The molecule has 0 unspecified atom stereocenters. The van der Waals surface area contributed by atoms with Crippen molar-refractivity contribution in [1.29, 1.82) is 0 Å². The molecule has 0 radical (unpaired) electrons. The average molecular weight is 176 g/mol. The molecule has 2 heteroatoms. The Hall–Kier alpha value is -1.31. The third-order valence-corrected chi connectivity index (χ3v) is 2.33. The first-order valence-corrected chi connectivity index (χ1v) is 4.59. The maximum atomic E-state index is 10.9. The van der Waals surface area contributed by atoms with Gasteiger partial charge in [-0.2, -0.15) is 0 Å². The Labute approximate surface area is 77.2 Å². The lowest BCUT2D eigenvalue weighted by molar-refractivity contribution is -0.114. The van der Waals surface area contributed by atoms with Crippen LogP contribution in [0.2, 0.25) is 0 Å². The van der Waals surface area contributed by atoms with Gasteiger partial charge in [0.1, 0.15) is 5.76 Å². The van der Waals surface area contributed by atoms with Crippen LogP contribution in [0.1, 0.15) is 25.0 Å². The van der Waals surface area contributed by atoms with Crippen molar-refractivity contribution < 1.29 is 9.21 Å². The third-order valence-electron chi connectivity index (χ3n) is 2.33. The first-order valence-electron chi connectivity index (χ1n) is 4.59. The highest BCUT2D eigenvalue weighted by atomic mass is 16.3. The second-order valence-electron chi connectivity index (χ2n) is 3.35. The van der Waals surface area contributed by atoms with Crippen molar-refractivity contribution in [3.63, 3.8) is 0 Å². The summed E-state index contributed by atoms with van der Waals surface area (Å²) in [6.07, 6.45) is 6.98. The number of furan rings is 1. The third kappa shape index (κ3) is 2.08. The Morgan fingerprint density at radius 1 is 1.31 bits per heavy atom. The van der Waals surface area contributed by atoms with Gasteiger partial charge in [0, 0.05) is 12.8 Å². The SMILES string of the molecule is O=C1C=C(CCc2ccco2)CC1. The fraction of sp³-hybridized carbons (Fsp3) is 0.364. The highest BCUT2D eigenvalue weighted by Gasteiger charge is 2.11. The minimum absolute atomic E-state index is 0.273. The van der Waals surface area contributed by atoms with Crippen LogP contribution in [0.15, 0.2) is 34.5 Å². The van der Waals surface area contributed by atoms with Crippen LogP contribution in [0.3, 0.4) is 0 Å². The second kappa shape index (κ2) is 3.60. The number of hydrogen-bond acceptors (Lipinski definition) is 2. The molecule has 13 heavy (non-hydrogen) atoms. The number of carbonyl (C=O) groups is 1. The van der Waals surface area contributed by atoms with E-state index >= 15 is 0 Å². The Morgan fingerprint density at radius 3 is 2.85 bits per heavy atom. The standard InChI is InChI=1S/C11H12O2/c12-10-5-3-9(8-10)4-6-11-2-1-7-13-11/h1-2,7-8H,3-6H2. The van der Waals surface area contributed by atoms with E-state index in [1.165, 1.54) is 5.57 Å². The largest absolute Gasteiger partial charge is 0.469 e. The lowest BCUT2D eigenvalue weighted by atomic mass is 10.1. The van der Waals surface area contributed by atoms with Crippen molar-refractivity contribution in [3.8, 4) is 0 Å². The summed E-state index contributed by atoms with van der Waals surface area (Å²) in [5, 5.41) is 0. The summed E-state index contributed by atoms with van der Waals surface area (Å²) in [4.78, 5) is 10.9. The van der Waals surface area contributed by atoms with Gasteiger partial charge in [0.05, 0.1) is 6.26 Å². The molecule has 0 saturated carbocycles. The molecule has 0 fully saturated rings. The van der Waals surface area contributed by atoms with Gasteiger partial charge in [-0.05, 0) is 31.1 Å². The quantitative estimate of drug-likeness (QED) is 0.708.